The van der Waals surface area contributed by atoms with Gasteiger partial charge in [0.15, 0.2) is 0 Å². The van der Waals surface area contributed by atoms with Gasteiger partial charge in [0.1, 0.15) is 11.7 Å². The number of halogens is 2. The van der Waals surface area contributed by atoms with Crippen molar-refractivity contribution in [1.29, 1.82) is 0 Å². The first kappa shape index (κ1) is 16.7. The Bertz CT molecular complexity index is 750. The van der Waals surface area contributed by atoms with Crippen molar-refractivity contribution in [3.63, 3.8) is 0 Å². The van der Waals surface area contributed by atoms with Gasteiger partial charge in [-0.25, -0.2) is 4.98 Å². The molecule has 1 saturated heterocycles. The summed E-state index contributed by atoms with van der Waals surface area (Å²) in [6.07, 6.45) is 5.68. The van der Waals surface area contributed by atoms with Crippen LogP contribution in [0.15, 0.2) is 36.8 Å². The van der Waals surface area contributed by atoms with Crippen LogP contribution in [0.3, 0.4) is 0 Å². The number of anilines is 1. The lowest BCUT2D eigenvalue weighted by Crippen LogP contribution is -2.43. The van der Waals surface area contributed by atoms with Crippen molar-refractivity contribution < 1.29 is 9.59 Å². The zero-order chi connectivity index (χ0) is 17.1. The monoisotopic (exact) mass is 364 g/mol. The number of benzene rings is 1. The highest BCUT2D eigenvalue weighted by Crippen LogP contribution is 2.25. The van der Waals surface area contributed by atoms with Gasteiger partial charge in [-0.15, -0.1) is 0 Å². The summed E-state index contributed by atoms with van der Waals surface area (Å²) in [6, 6.07) is 4.24. The molecule has 0 spiro atoms. The lowest BCUT2D eigenvalue weighted by atomic mass is 10.2. The smallest absolute Gasteiger partial charge is 0.274 e. The number of hydrogen-bond donors (Lipinski definition) is 1. The van der Waals surface area contributed by atoms with Gasteiger partial charge < -0.3 is 10.2 Å². The van der Waals surface area contributed by atoms with Crippen molar-refractivity contribution in [3.05, 3.63) is 52.5 Å². The van der Waals surface area contributed by atoms with Crippen molar-refractivity contribution >= 4 is 40.7 Å². The number of likely N-dealkylation sites (tertiary alicyclic amines) is 1. The second-order valence-electron chi connectivity index (χ2n) is 5.39. The van der Waals surface area contributed by atoms with Gasteiger partial charge in [0.25, 0.3) is 5.91 Å². The topological polar surface area (TPSA) is 75.2 Å². The molecule has 0 aliphatic carbocycles. The van der Waals surface area contributed by atoms with Gasteiger partial charge in [0, 0.05) is 34.7 Å². The van der Waals surface area contributed by atoms with Crippen molar-refractivity contribution in [2.45, 2.75) is 18.9 Å². The number of nitrogens with zero attached hydrogens (tertiary/aromatic N) is 3. The van der Waals surface area contributed by atoms with Crippen LogP contribution in [-0.2, 0) is 4.79 Å². The molecule has 2 aromatic rings. The van der Waals surface area contributed by atoms with Gasteiger partial charge in [-0.1, -0.05) is 23.2 Å². The molecule has 2 heterocycles. The molecule has 0 bridgehead atoms. The Morgan fingerprint density at radius 3 is 2.58 bits per heavy atom. The Morgan fingerprint density at radius 1 is 1.17 bits per heavy atom. The van der Waals surface area contributed by atoms with Crippen molar-refractivity contribution in [3.8, 4) is 0 Å². The predicted molar refractivity (Wildman–Crippen MR) is 91.2 cm³/mol. The zero-order valence-electron chi connectivity index (χ0n) is 12.6. The van der Waals surface area contributed by atoms with Gasteiger partial charge in [-0.05, 0) is 31.0 Å². The third kappa shape index (κ3) is 3.66. The molecule has 1 aromatic carbocycles. The Hall–Kier alpha value is -2.18. The number of carbonyl (C=O) groups is 2. The molecule has 8 heteroatoms. The lowest BCUT2D eigenvalue weighted by molar-refractivity contribution is -0.119. The number of hydrogen-bond acceptors (Lipinski definition) is 4. The molecule has 3 rings (SSSR count). The van der Waals surface area contributed by atoms with Crippen LogP contribution in [0.1, 0.15) is 23.3 Å². The summed E-state index contributed by atoms with van der Waals surface area (Å²) < 4.78 is 0. The van der Waals surface area contributed by atoms with E-state index < -0.39 is 6.04 Å². The molecule has 1 N–H and O–H groups in total. The molecule has 1 aromatic heterocycles. The maximum atomic E-state index is 12.6. The average molecular weight is 365 g/mol. The van der Waals surface area contributed by atoms with E-state index in [4.69, 9.17) is 23.2 Å². The van der Waals surface area contributed by atoms with E-state index in [1.54, 1.807) is 18.2 Å². The van der Waals surface area contributed by atoms with Gasteiger partial charge >= 0.3 is 0 Å². The maximum Gasteiger partial charge on any atom is 0.274 e. The standard InChI is InChI=1S/C16H14Cl2N4O2/c17-10-6-11(18)8-12(7-10)21-15(23)14-2-1-5-22(14)16(24)13-9-19-3-4-20-13/h3-4,6-9,14H,1-2,5H2,(H,21,23)/t14-/m0/s1. The largest absolute Gasteiger partial charge is 0.325 e. The minimum absolute atomic E-state index is 0.225. The quantitative estimate of drug-likeness (QED) is 0.907. The van der Waals surface area contributed by atoms with E-state index in [-0.39, 0.29) is 17.5 Å². The van der Waals surface area contributed by atoms with Crippen LogP contribution in [0.5, 0.6) is 0 Å². The molecule has 0 saturated carbocycles. The van der Waals surface area contributed by atoms with E-state index in [0.29, 0.717) is 28.7 Å². The molecule has 1 fully saturated rings. The van der Waals surface area contributed by atoms with E-state index in [0.717, 1.165) is 6.42 Å². The molecular formula is C16H14Cl2N4O2. The summed E-state index contributed by atoms with van der Waals surface area (Å²) in [5, 5.41) is 3.62. The van der Waals surface area contributed by atoms with Gasteiger partial charge in [0.2, 0.25) is 5.91 Å². The fourth-order valence-electron chi connectivity index (χ4n) is 2.69. The third-order valence-electron chi connectivity index (χ3n) is 3.73. The molecule has 2 amide bonds. The van der Waals surface area contributed by atoms with E-state index in [1.807, 2.05) is 0 Å². The molecule has 1 aliphatic rings. The summed E-state index contributed by atoms with van der Waals surface area (Å²) in [6.45, 7) is 0.504. The zero-order valence-corrected chi connectivity index (χ0v) is 14.1. The highest BCUT2D eigenvalue weighted by molar-refractivity contribution is 6.35. The van der Waals surface area contributed by atoms with Crippen LogP contribution in [0.2, 0.25) is 10.0 Å². The minimum atomic E-state index is -0.558. The van der Waals surface area contributed by atoms with Gasteiger partial charge in [-0.3, -0.25) is 14.6 Å². The second kappa shape index (κ2) is 7.15. The fourth-order valence-corrected chi connectivity index (χ4v) is 3.22. The second-order valence-corrected chi connectivity index (χ2v) is 6.27. The number of aromatic nitrogens is 2. The predicted octanol–water partition coefficient (Wildman–Crippen LogP) is 3.03. The summed E-state index contributed by atoms with van der Waals surface area (Å²) in [4.78, 5) is 34.5. The maximum absolute atomic E-state index is 12.6. The van der Waals surface area contributed by atoms with E-state index >= 15 is 0 Å². The molecule has 124 valence electrons. The summed E-state index contributed by atoms with van der Waals surface area (Å²) in [7, 11) is 0. The van der Waals surface area contributed by atoms with Gasteiger partial charge in [0.05, 0.1) is 6.20 Å². The summed E-state index contributed by atoms with van der Waals surface area (Å²) in [5.74, 6) is -0.576. The van der Waals surface area contributed by atoms with Crippen LogP contribution in [0.25, 0.3) is 0 Å². The highest BCUT2D eigenvalue weighted by atomic mass is 35.5. The Labute approximate surface area is 148 Å². The van der Waals surface area contributed by atoms with Crippen molar-refractivity contribution in [2.75, 3.05) is 11.9 Å². The SMILES string of the molecule is O=C(Nc1cc(Cl)cc(Cl)c1)[C@@H]1CCCN1C(=O)c1cnccn1. The molecule has 0 unspecified atom stereocenters. The van der Waals surface area contributed by atoms with Crippen LogP contribution >= 0.6 is 23.2 Å². The molecule has 24 heavy (non-hydrogen) atoms. The average Bonchev–Trinajstić information content (AvgIpc) is 3.03. The molecule has 0 radical (unpaired) electrons. The van der Waals surface area contributed by atoms with Crippen molar-refractivity contribution in [2.24, 2.45) is 0 Å². The van der Waals surface area contributed by atoms with E-state index in [1.165, 1.54) is 23.5 Å². The van der Waals surface area contributed by atoms with Crippen LogP contribution in [0.4, 0.5) is 5.69 Å². The first-order valence-electron chi connectivity index (χ1n) is 7.38. The number of rotatable bonds is 3. The molecular weight excluding hydrogens is 351 g/mol. The summed E-state index contributed by atoms with van der Waals surface area (Å²) in [5.41, 5.74) is 0.722. The highest BCUT2D eigenvalue weighted by Gasteiger charge is 2.35. The van der Waals surface area contributed by atoms with E-state index in [9.17, 15) is 9.59 Å². The van der Waals surface area contributed by atoms with Crippen LogP contribution in [-0.4, -0.2) is 39.3 Å². The minimum Gasteiger partial charge on any atom is -0.325 e. The molecule has 1 atom stereocenters. The first-order valence-corrected chi connectivity index (χ1v) is 8.14. The number of carbonyl (C=O) groups excluding carboxylic acids is 2. The van der Waals surface area contributed by atoms with E-state index in [2.05, 4.69) is 15.3 Å². The Kier molecular flexibility index (Phi) is 4.97. The Balaban J connectivity index is 1.75. The van der Waals surface area contributed by atoms with Crippen molar-refractivity contribution in [1.82, 2.24) is 14.9 Å². The number of amides is 2. The summed E-state index contributed by atoms with van der Waals surface area (Å²) >= 11 is 11.9. The van der Waals surface area contributed by atoms with Crippen LogP contribution in [0, 0.1) is 0 Å². The van der Waals surface area contributed by atoms with Gasteiger partial charge in [-0.2, -0.15) is 0 Å². The fraction of sp³-hybridized carbons (Fsp3) is 0.250. The van der Waals surface area contributed by atoms with Crippen LogP contribution < -0.4 is 5.32 Å². The molecule has 6 nitrogen and oxygen atoms in total. The number of nitrogens with one attached hydrogen (secondary N) is 1. The lowest BCUT2D eigenvalue weighted by Gasteiger charge is -2.23. The Morgan fingerprint density at radius 2 is 1.92 bits per heavy atom. The third-order valence-corrected chi connectivity index (χ3v) is 4.17. The first-order chi connectivity index (χ1) is 11.5. The normalized spacial score (nSPS) is 16.9. The molecule has 1 aliphatic heterocycles.